The average molecular weight is 274 g/mol. The first kappa shape index (κ1) is 12.3. The molecule has 3 nitrogen and oxygen atoms in total. The maximum absolute atomic E-state index is 9.99. The van der Waals surface area contributed by atoms with Crippen molar-refractivity contribution in [3.8, 4) is 11.5 Å². The number of halogens is 1. The summed E-state index contributed by atoms with van der Waals surface area (Å²) < 4.78 is 5.98. The molecule has 0 atom stereocenters. The molecule has 1 rings (SSSR count). The first-order valence-electron chi connectivity index (χ1n) is 4.68. The summed E-state index contributed by atoms with van der Waals surface area (Å²) in [5.41, 5.74) is 0.498. The summed E-state index contributed by atoms with van der Waals surface area (Å²) in [6, 6.07) is 3.62. The first-order chi connectivity index (χ1) is 6.92. The molecule has 4 heteroatoms. The Hall–Kier alpha value is -0.740. The van der Waals surface area contributed by atoms with Crippen molar-refractivity contribution in [1.29, 1.82) is 0 Å². The number of benzene rings is 1. The van der Waals surface area contributed by atoms with Gasteiger partial charge in [0, 0.05) is 15.6 Å². The van der Waals surface area contributed by atoms with Gasteiger partial charge in [0.15, 0.2) is 11.5 Å². The summed E-state index contributed by atoms with van der Waals surface area (Å²) in [5.74, 6) is 0.655. The summed E-state index contributed by atoms with van der Waals surface area (Å²) in [4.78, 5) is 0. The molecule has 2 N–H and O–H groups in total. The molecule has 0 radical (unpaired) electrons. The van der Waals surface area contributed by atoms with Crippen molar-refractivity contribution in [3.05, 3.63) is 22.2 Å². The number of phenolic OH excluding ortho intramolecular Hbond substituents is 1. The molecule has 0 fully saturated rings. The lowest BCUT2D eigenvalue weighted by atomic mass is 9.93. The standard InChI is InChI=1S/C11H16BrNO2/c1-11(2,13-3)8-5-7(12)6-9(15-4)10(8)14/h5-6,13-14H,1-4H3. The minimum absolute atomic E-state index is 0.181. The Bertz CT molecular complexity index is 364. The maximum Gasteiger partial charge on any atom is 0.162 e. The van der Waals surface area contributed by atoms with Gasteiger partial charge in [-0.05, 0) is 33.0 Å². The van der Waals surface area contributed by atoms with Gasteiger partial charge in [-0.2, -0.15) is 0 Å². The van der Waals surface area contributed by atoms with Gasteiger partial charge in [0.05, 0.1) is 7.11 Å². The van der Waals surface area contributed by atoms with Crippen LogP contribution in [0.5, 0.6) is 11.5 Å². The highest BCUT2D eigenvalue weighted by molar-refractivity contribution is 9.10. The van der Waals surface area contributed by atoms with E-state index in [2.05, 4.69) is 21.2 Å². The Kier molecular flexibility index (Phi) is 3.62. The van der Waals surface area contributed by atoms with Crippen LogP contribution in [0.4, 0.5) is 0 Å². The van der Waals surface area contributed by atoms with Crippen molar-refractivity contribution in [3.63, 3.8) is 0 Å². The van der Waals surface area contributed by atoms with E-state index in [0.717, 1.165) is 10.0 Å². The van der Waals surface area contributed by atoms with E-state index in [0.29, 0.717) is 5.75 Å². The van der Waals surface area contributed by atoms with Gasteiger partial charge in [-0.15, -0.1) is 0 Å². The van der Waals surface area contributed by atoms with Crippen LogP contribution in [0.1, 0.15) is 19.4 Å². The minimum atomic E-state index is -0.304. The highest BCUT2D eigenvalue weighted by atomic mass is 79.9. The average Bonchev–Trinajstić information content (AvgIpc) is 2.20. The fraction of sp³-hybridized carbons (Fsp3) is 0.455. The second-order valence-corrected chi connectivity index (χ2v) is 4.79. The van der Waals surface area contributed by atoms with Crippen molar-refractivity contribution >= 4 is 15.9 Å². The van der Waals surface area contributed by atoms with Crippen LogP contribution < -0.4 is 10.1 Å². The van der Waals surface area contributed by atoms with Gasteiger partial charge >= 0.3 is 0 Å². The van der Waals surface area contributed by atoms with E-state index in [1.807, 2.05) is 27.0 Å². The lowest BCUT2D eigenvalue weighted by molar-refractivity contribution is 0.353. The topological polar surface area (TPSA) is 41.5 Å². The normalized spacial score (nSPS) is 11.5. The van der Waals surface area contributed by atoms with Crippen LogP contribution in [0.25, 0.3) is 0 Å². The zero-order valence-electron chi connectivity index (χ0n) is 9.39. The Morgan fingerprint density at radius 2 is 2.00 bits per heavy atom. The zero-order valence-corrected chi connectivity index (χ0v) is 11.0. The number of ether oxygens (including phenoxy) is 1. The van der Waals surface area contributed by atoms with Crippen molar-refractivity contribution < 1.29 is 9.84 Å². The van der Waals surface area contributed by atoms with Crippen LogP contribution >= 0.6 is 15.9 Å². The number of aromatic hydroxyl groups is 1. The van der Waals surface area contributed by atoms with Crippen molar-refractivity contribution in [1.82, 2.24) is 5.32 Å². The molecule has 1 aromatic rings. The van der Waals surface area contributed by atoms with Crippen LogP contribution in [0.2, 0.25) is 0 Å². The van der Waals surface area contributed by atoms with Gasteiger partial charge in [-0.25, -0.2) is 0 Å². The number of phenols is 1. The van der Waals surface area contributed by atoms with E-state index >= 15 is 0 Å². The molecule has 0 aliphatic carbocycles. The molecular weight excluding hydrogens is 258 g/mol. The number of hydrogen-bond acceptors (Lipinski definition) is 3. The summed E-state index contributed by atoms with van der Waals surface area (Å²) in [7, 11) is 3.39. The zero-order chi connectivity index (χ0) is 11.6. The van der Waals surface area contributed by atoms with Gasteiger partial charge in [-0.3, -0.25) is 0 Å². The third-order valence-corrected chi connectivity index (χ3v) is 3.02. The summed E-state index contributed by atoms with van der Waals surface area (Å²) in [6.07, 6.45) is 0. The molecule has 0 spiro atoms. The largest absolute Gasteiger partial charge is 0.504 e. The quantitative estimate of drug-likeness (QED) is 0.890. The van der Waals surface area contributed by atoms with E-state index in [1.54, 1.807) is 6.07 Å². The fourth-order valence-corrected chi connectivity index (χ4v) is 1.78. The molecule has 0 amide bonds. The fourth-order valence-electron chi connectivity index (χ4n) is 1.34. The van der Waals surface area contributed by atoms with E-state index in [-0.39, 0.29) is 11.3 Å². The van der Waals surface area contributed by atoms with Crippen molar-refractivity contribution in [2.45, 2.75) is 19.4 Å². The molecule has 15 heavy (non-hydrogen) atoms. The molecular formula is C11H16BrNO2. The van der Waals surface area contributed by atoms with Crippen molar-refractivity contribution in [2.24, 2.45) is 0 Å². The minimum Gasteiger partial charge on any atom is -0.504 e. The van der Waals surface area contributed by atoms with E-state index in [9.17, 15) is 5.11 Å². The SMILES string of the molecule is CNC(C)(C)c1cc(Br)cc(OC)c1O. The highest BCUT2D eigenvalue weighted by Gasteiger charge is 2.24. The molecule has 84 valence electrons. The monoisotopic (exact) mass is 273 g/mol. The summed E-state index contributed by atoms with van der Waals surface area (Å²) in [5, 5.41) is 13.1. The number of nitrogens with one attached hydrogen (secondary N) is 1. The molecule has 0 bridgehead atoms. The van der Waals surface area contributed by atoms with E-state index in [1.165, 1.54) is 7.11 Å². The Morgan fingerprint density at radius 3 is 2.47 bits per heavy atom. The van der Waals surface area contributed by atoms with Crippen LogP contribution in [0.15, 0.2) is 16.6 Å². The smallest absolute Gasteiger partial charge is 0.162 e. The van der Waals surface area contributed by atoms with Gasteiger partial charge in [0.2, 0.25) is 0 Å². The molecule has 0 saturated heterocycles. The maximum atomic E-state index is 9.99. The third-order valence-electron chi connectivity index (χ3n) is 2.56. The molecule has 0 saturated carbocycles. The lowest BCUT2D eigenvalue weighted by Gasteiger charge is -2.26. The molecule has 0 unspecified atom stereocenters. The molecule has 0 aliphatic heterocycles. The Labute approximate surface area is 98.6 Å². The summed E-state index contributed by atoms with van der Waals surface area (Å²) in [6.45, 7) is 3.99. The van der Waals surface area contributed by atoms with Gasteiger partial charge < -0.3 is 15.2 Å². The van der Waals surface area contributed by atoms with Crippen molar-refractivity contribution in [2.75, 3.05) is 14.2 Å². The number of rotatable bonds is 3. The van der Waals surface area contributed by atoms with Gasteiger partial charge in [0.25, 0.3) is 0 Å². The predicted octanol–water partition coefficient (Wildman–Crippen LogP) is 2.62. The lowest BCUT2D eigenvalue weighted by Crippen LogP contribution is -2.33. The Morgan fingerprint density at radius 1 is 1.40 bits per heavy atom. The van der Waals surface area contributed by atoms with E-state index < -0.39 is 0 Å². The molecule has 1 aromatic carbocycles. The molecule has 0 aromatic heterocycles. The highest BCUT2D eigenvalue weighted by Crippen LogP contribution is 2.38. The number of hydrogen-bond donors (Lipinski definition) is 2. The second kappa shape index (κ2) is 4.41. The molecule has 0 aliphatic rings. The third kappa shape index (κ3) is 2.44. The van der Waals surface area contributed by atoms with Crippen LogP contribution in [-0.4, -0.2) is 19.3 Å². The van der Waals surface area contributed by atoms with Gasteiger partial charge in [0.1, 0.15) is 0 Å². The first-order valence-corrected chi connectivity index (χ1v) is 5.47. The van der Waals surface area contributed by atoms with Crippen LogP contribution in [-0.2, 0) is 5.54 Å². The van der Waals surface area contributed by atoms with E-state index in [4.69, 9.17) is 4.74 Å². The predicted molar refractivity (Wildman–Crippen MR) is 64.4 cm³/mol. The summed E-state index contributed by atoms with van der Waals surface area (Å²) >= 11 is 3.39. The Balaban J connectivity index is 3.35. The second-order valence-electron chi connectivity index (χ2n) is 3.88. The molecule has 0 heterocycles. The number of methoxy groups -OCH3 is 1. The van der Waals surface area contributed by atoms with Gasteiger partial charge in [-0.1, -0.05) is 15.9 Å². The van der Waals surface area contributed by atoms with Crippen LogP contribution in [0, 0.1) is 0 Å². The van der Waals surface area contributed by atoms with Crippen LogP contribution in [0.3, 0.4) is 0 Å².